The summed E-state index contributed by atoms with van der Waals surface area (Å²) in [5.41, 5.74) is -0.714. The summed E-state index contributed by atoms with van der Waals surface area (Å²) in [7, 11) is -3.05. The lowest BCUT2D eigenvalue weighted by Crippen LogP contribution is -2.50. The number of rotatable bonds is 5. The Hall–Kier alpha value is -0.170. The molecule has 5 nitrogen and oxygen atoms in total. The van der Waals surface area contributed by atoms with Crippen LogP contribution < -0.4 is 5.32 Å². The minimum atomic E-state index is -3.05. The van der Waals surface area contributed by atoms with E-state index in [1.807, 2.05) is 20.8 Å². The largest absolute Gasteiger partial charge is 0.389 e. The van der Waals surface area contributed by atoms with Gasteiger partial charge in [0.2, 0.25) is 10.0 Å². The standard InChI is InChI=1S/C12H26N2O3S/c1-10(2)12(3,15)9-13-11-5-7-14(8-6-11)18(4,16)17/h10-11,13,15H,5-9H2,1-4H3. The summed E-state index contributed by atoms with van der Waals surface area (Å²) in [5.74, 6) is 0.195. The van der Waals surface area contributed by atoms with E-state index in [9.17, 15) is 13.5 Å². The van der Waals surface area contributed by atoms with Crippen molar-refractivity contribution in [1.82, 2.24) is 9.62 Å². The highest BCUT2D eigenvalue weighted by Gasteiger charge is 2.28. The smallest absolute Gasteiger partial charge is 0.211 e. The van der Waals surface area contributed by atoms with Crippen molar-refractivity contribution in [2.75, 3.05) is 25.9 Å². The van der Waals surface area contributed by atoms with Crippen LogP contribution >= 0.6 is 0 Å². The molecule has 0 aromatic rings. The van der Waals surface area contributed by atoms with Gasteiger partial charge in [-0.3, -0.25) is 0 Å². The van der Waals surface area contributed by atoms with Crippen LogP contribution in [0, 0.1) is 5.92 Å². The normalized spacial score (nSPS) is 23.2. The van der Waals surface area contributed by atoms with E-state index < -0.39 is 15.6 Å². The van der Waals surface area contributed by atoms with E-state index in [-0.39, 0.29) is 5.92 Å². The fourth-order valence-corrected chi connectivity index (χ4v) is 2.82. The lowest BCUT2D eigenvalue weighted by Gasteiger charge is -2.34. The average molecular weight is 278 g/mol. The van der Waals surface area contributed by atoms with Crippen molar-refractivity contribution in [3.8, 4) is 0 Å². The average Bonchev–Trinajstić information content (AvgIpc) is 2.25. The van der Waals surface area contributed by atoms with Crippen LogP contribution in [-0.4, -0.2) is 55.4 Å². The third kappa shape index (κ3) is 4.50. The molecule has 0 aromatic heterocycles. The number of aliphatic hydroxyl groups is 1. The van der Waals surface area contributed by atoms with Crippen LogP contribution in [0.1, 0.15) is 33.6 Å². The van der Waals surface area contributed by atoms with Crippen molar-refractivity contribution in [3.05, 3.63) is 0 Å². The van der Waals surface area contributed by atoms with Gasteiger partial charge >= 0.3 is 0 Å². The van der Waals surface area contributed by atoms with Crippen LogP contribution in [0.5, 0.6) is 0 Å². The van der Waals surface area contributed by atoms with E-state index in [0.29, 0.717) is 25.7 Å². The lowest BCUT2D eigenvalue weighted by atomic mass is 9.92. The first-order chi connectivity index (χ1) is 8.13. The Kier molecular flexibility index (Phi) is 5.17. The third-order valence-corrected chi connectivity index (χ3v) is 5.22. The minimum absolute atomic E-state index is 0.195. The van der Waals surface area contributed by atoms with Gasteiger partial charge in [-0.05, 0) is 25.7 Å². The van der Waals surface area contributed by atoms with Crippen LogP contribution in [0.3, 0.4) is 0 Å². The molecule has 0 aliphatic carbocycles. The number of nitrogens with one attached hydrogen (secondary N) is 1. The SMILES string of the molecule is CC(C)C(C)(O)CNC1CCN(S(C)(=O)=O)CC1. The van der Waals surface area contributed by atoms with Crippen molar-refractivity contribution in [2.45, 2.75) is 45.3 Å². The first kappa shape index (κ1) is 15.9. The maximum Gasteiger partial charge on any atom is 0.211 e. The second-order valence-electron chi connectivity index (χ2n) is 5.83. The Morgan fingerprint density at radius 1 is 1.39 bits per heavy atom. The summed E-state index contributed by atoms with van der Waals surface area (Å²) in [6.45, 7) is 7.51. The van der Waals surface area contributed by atoms with E-state index in [2.05, 4.69) is 5.32 Å². The van der Waals surface area contributed by atoms with Crippen LogP contribution in [0.15, 0.2) is 0 Å². The van der Waals surface area contributed by atoms with Gasteiger partial charge in [0.25, 0.3) is 0 Å². The van der Waals surface area contributed by atoms with Gasteiger partial charge in [0.05, 0.1) is 11.9 Å². The molecule has 18 heavy (non-hydrogen) atoms. The fourth-order valence-electron chi connectivity index (χ4n) is 1.95. The second kappa shape index (κ2) is 5.86. The van der Waals surface area contributed by atoms with Gasteiger partial charge in [0, 0.05) is 25.7 Å². The molecule has 2 N–H and O–H groups in total. The maximum atomic E-state index is 11.4. The number of piperidine rings is 1. The predicted molar refractivity (Wildman–Crippen MR) is 72.9 cm³/mol. The predicted octanol–water partition coefficient (Wildman–Crippen LogP) is 0.407. The molecule has 0 aromatic carbocycles. The maximum absolute atomic E-state index is 11.4. The third-order valence-electron chi connectivity index (χ3n) is 3.92. The van der Waals surface area contributed by atoms with Crippen molar-refractivity contribution >= 4 is 10.0 Å². The summed E-state index contributed by atoms with van der Waals surface area (Å²) >= 11 is 0. The van der Waals surface area contributed by atoms with Crippen LogP contribution in [0.2, 0.25) is 0 Å². The molecule has 1 saturated heterocycles. The zero-order valence-corrected chi connectivity index (χ0v) is 12.6. The monoisotopic (exact) mass is 278 g/mol. The molecule has 1 aliphatic heterocycles. The van der Waals surface area contributed by atoms with Crippen LogP contribution in [-0.2, 0) is 10.0 Å². The van der Waals surface area contributed by atoms with E-state index >= 15 is 0 Å². The molecule has 6 heteroatoms. The molecular weight excluding hydrogens is 252 g/mol. The number of hydrogen-bond donors (Lipinski definition) is 2. The molecule has 0 saturated carbocycles. The molecule has 108 valence electrons. The molecule has 0 bridgehead atoms. The van der Waals surface area contributed by atoms with Crippen molar-refractivity contribution in [2.24, 2.45) is 5.92 Å². The molecule has 1 heterocycles. The topological polar surface area (TPSA) is 69.6 Å². The van der Waals surface area contributed by atoms with Gasteiger partial charge in [0.1, 0.15) is 0 Å². The van der Waals surface area contributed by atoms with Gasteiger partial charge < -0.3 is 10.4 Å². The summed E-state index contributed by atoms with van der Waals surface area (Å²) in [6, 6.07) is 0.299. The van der Waals surface area contributed by atoms with E-state index in [0.717, 1.165) is 12.8 Å². The Morgan fingerprint density at radius 2 is 1.89 bits per heavy atom. The molecular formula is C12H26N2O3S. The fraction of sp³-hybridized carbons (Fsp3) is 1.00. The van der Waals surface area contributed by atoms with Gasteiger partial charge in [-0.25, -0.2) is 12.7 Å². The van der Waals surface area contributed by atoms with Crippen LogP contribution in [0.25, 0.3) is 0 Å². The number of hydrogen-bond acceptors (Lipinski definition) is 4. The summed E-state index contributed by atoms with van der Waals surface area (Å²) < 4.78 is 24.2. The Labute approximate surface area is 111 Å². The first-order valence-corrected chi connectivity index (χ1v) is 8.38. The highest BCUT2D eigenvalue weighted by Crippen LogP contribution is 2.17. The van der Waals surface area contributed by atoms with Gasteiger partial charge in [0.15, 0.2) is 0 Å². The second-order valence-corrected chi connectivity index (χ2v) is 7.81. The molecule has 1 atom stereocenters. The molecule has 1 rings (SSSR count). The lowest BCUT2D eigenvalue weighted by molar-refractivity contribution is 0.0104. The molecule has 1 fully saturated rings. The van der Waals surface area contributed by atoms with E-state index in [4.69, 9.17) is 0 Å². The molecule has 0 amide bonds. The van der Waals surface area contributed by atoms with Crippen molar-refractivity contribution < 1.29 is 13.5 Å². The molecule has 0 radical (unpaired) electrons. The van der Waals surface area contributed by atoms with Crippen LogP contribution in [0.4, 0.5) is 0 Å². The van der Waals surface area contributed by atoms with Gasteiger partial charge in [-0.2, -0.15) is 0 Å². The number of nitrogens with zero attached hydrogens (tertiary/aromatic N) is 1. The summed E-state index contributed by atoms with van der Waals surface area (Å²) in [4.78, 5) is 0. The Morgan fingerprint density at radius 3 is 2.28 bits per heavy atom. The first-order valence-electron chi connectivity index (χ1n) is 6.54. The van der Waals surface area contributed by atoms with Crippen molar-refractivity contribution in [3.63, 3.8) is 0 Å². The zero-order chi connectivity index (χ0) is 14.0. The van der Waals surface area contributed by atoms with E-state index in [1.54, 1.807) is 0 Å². The van der Waals surface area contributed by atoms with Gasteiger partial charge in [-0.1, -0.05) is 13.8 Å². The Bertz CT molecular complexity index is 358. The molecule has 1 aliphatic rings. The Balaban J connectivity index is 2.37. The quantitative estimate of drug-likeness (QED) is 0.764. The zero-order valence-electron chi connectivity index (χ0n) is 11.8. The summed E-state index contributed by atoms with van der Waals surface area (Å²) in [6.07, 6.45) is 2.87. The summed E-state index contributed by atoms with van der Waals surface area (Å²) in [5, 5.41) is 13.5. The van der Waals surface area contributed by atoms with Gasteiger partial charge in [-0.15, -0.1) is 0 Å². The molecule has 1 unspecified atom stereocenters. The minimum Gasteiger partial charge on any atom is -0.389 e. The highest BCUT2D eigenvalue weighted by molar-refractivity contribution is 7.88. The van der Waals surface area contributed by atoms with Crippen molar-refractivity contribution in [1.29, 1.82) is 0 Å². The highest BCUT2D eigenvalue weighted by atomic mass is 32.2. The number of sulfonamides is 1. The molecule has 0 spiro atoms. The van der Waals surface area contributed by atoms with E-state index in [1.165, 1.54) is 10.6 Å².